The Kier molecular flexibility index (Phi) is 7.12. The lowest BCUT2D eigenvalue weighted by molar-refractivity contribution is -0.122. The number of aromatic nitrogens is 3. The van der Waals surface area contributed by atoms with Crippen molar-refractivity contribution in [2.24, 2.45) is 0 Å². The highest BCUT2D eigenvalue weighted by Gasteiger charge is 2.21. The summed E-state index contributed by atoms with van der Waals surface area (Å²) < 4.78 is 18.4. The summed E-state index contributed by atoms with van der Waals surface area (Å²) >= 11 is 6.23. The maximum atomic E-state index is 13.0. The van der Waals surface area contributed by atoms with Crippen LogP contribution in [0.3, 0.4) is 0 Å². The number of aryl methyl sites for hydroxylation is 2. The first-order valence-electron chi connectivity index (χ1n) is 11.2. The summed E-state index contributed by atoms with van der Waals surface area (Å²) in [5.74, 6) is 0.806. The number of rotatable bonds is 8. The predicted octanol–water partition coefficient (Wildman–Crippen LogP) is 5.50. The van der Waals surface area contributed by atoms with Crippen LogP contribution in [0.5, 0.6) is 17.4 Å². The number of carbonyl (C=O) groups is 1. The Morgan fingerprint density at radius 1 is 1.11 bits per heavy atom. The lowest BCUT2D eigenvalue weighted by Gasteiger charge is -2.17. The first-order valence-corrected chi connectivity index (χ1v) is 11.6. The zero-order valence-electron chi connectivity index (χ0n) is 20.3. The maximum absolute atomic E-state index is 13.0. The largest absolute Gasteiger partial charge is 0.495 e. The molecule has 8 nitrogen and oxygen atoms in total. The zero-order valence-corrected chi connectivity index (χ0v) is 21.0. The molecule has 1 atom stereocenters. The van der Waals surface area contributed by atoms with E-state index < -0.39 is 6.10 Å². The summed E-state index contributed by atoms with van der Waals surface area (Å²) in [6.45, 7) is 6.28. The van der Waals surface area contributed by atoms with Crippen LogP contribution in [0.25, 0.3) is 22.2 Å². The highest BCUT2D eigenvalue weighted by molar-refractivity contribution is 6.32. The number of nitrogens with one attached hydrogen (secondary N) is 1. The van der Waals surface area contributed by atoms with Crippen molar-refractivity contribution in [3.63, 3.8) is 0 Å². The molecule has 0 aliphatic carbocycles. The van der Waals surface area contributed by atoms with Crippen LogP contribution < -0.4 is 19.5 Å². The molecule has 4 rings (SSSR count). The molecule has 1 N–H and O–H groups in total. The van der Waals surface area contributed by atoms with Gasteiger partial charge in [-0.1, -0.05) is 41.9 Å². The Bertz CT molecular complexity index is 1370. The minimum Gasteiger partial charge on any atom is -0.495 e. The Balaban J connectivity index is 1.66. The number of benzene rings is 2. The number of ether oxygens (including phenoxy) is 3. The van der Waals surface area contributed by atoms with E-state index in [0.29, 0.717) is 40.3 Å². The number of carbonyl (C=O) groups excluding carboxylic acids is 1. The van der Waals surface area contributed by atoms with Crippen molar-refractivity contribution in [3.05, 3.63) is 59.2 Å². The van der Waals surface area contributed by atoms with Gasteiger partial charge in [-0.3, -0.25) is 4.79 Å². The van der Waals surface area contributed by atoms with Crippen LogP contribution in [0, 0.1) is 6.92 Å². The van der Waals surface area contributed by atoms with Crippen molar-refractivity contribution >= 4 is 34.2 Å². The van der Waals surface area contributed by atoms with Gasteiger partial charge in [0, 0.05) is 18.7 Å². The molecule has 9 heteroatoms. The summed E-state index contributed by atoms with van der Waals surface area (Å²) in [5.41, 5.74) is 3.95. The molecule has 0 saturated heterocycles. The third kappa shape index (κ3) is 4.88. The first kappa shape index (κ1) is 24.3. The lowest BCUT2D eigenvalue weighted by Crippen LogP contribution is -2.30. The van der Waals surface area contributed by atoms with E-state index in [1.54, 1.807) is 19.1 Å². The van der Waals surface area contributed by atoms with Crippen LogP contribution in [-0.2, 0) is 11.3 Å². The molecule has 0 saturated carbocycles. The van der Waals surface area contributed by atoms with Crippen molar-refractivity contribution in [2.75, 3.05) is 19.5 Å². The van der Waals surface area contributed by atoms with Gasteiger partial charge in [0.1, 0.15) is 11.5 Å². The van der Waals surface area contributed by atoms with E-state index in [1.165, 1.54) is 14.2 Å². The van der Waals surface area contributed by atoms with Crippen molar-refractivity contribution in [1.82, 2.24) is 14.8 Å². The average molecular weight is 495 g/mol. The van der Waals surface area contributed by atoms with Gasteiger partial charge in [0.2, 0.25) is 5.88 Å². The van der Waals surface area contributed by atoms with Crippen LogP contribution in [0.1, 0.15) is 19.5 Å². The van der Waals surface area contributed by atoms with Gasteiger partial charge in [-0.15, -0.1) is 0 Å². The highest BCUT2D eigenvalue weighted by Crippen LogP contribution is 2.36. The van der Waals surface area contributed by atoms with Gasteiger partial charge in [0.15, 0.2) is 11.8 Å². The molecule has 182 valence electrons. The topological polar surface area (TPSA) is 87.5 Å². The molecule has 0 unspecified atom stereocenters. The lowest BCUT2D eigenvalue weighted by atomic mass is 10.0. The van der Waals surface area contributed by atoms with Gasteiger partial charge in [-0.05, 0) is 38.0 Å². The fourth-order valence-electron chi connectivity index (χ4n) is 3.88. The normalized spacial score (nSPS) is 11.8. The fourth-order valence-corrected chi connectivity index (χ4v) is 4.12. The molecule has 1 amide bonds. The summed E-state index contributed by atoms with van der Waals surface area (Å²) in [6, 6.07) is 15.0. The van der Waals surface area contributed by atoms with E-state index in [9.17, 15) is 4.79 Å². The molecule has 2 aromatic heterocycles. The minimum atomic E-state index is -0.853. The number of halogens is 1. The Hall–Kier alpha value is -3.78. The minimum absolute atomic E-state index is 0.327. The first-order chi connectivity index (χ1) is 16.9. The molecule has 0 radical (unpaired) electrons. The number of nitrogens with zero attached hydrogens (tertiary/aromatic N) is 3. The van der Waals surface area contributed by atoms with Crippen LogP contribution in [0.2, 0.25) is 5.02 Å². The molecule has 0 bridgehead atoms. The average Bonchev–Trinajstić information content (AvgIpc) is 3.19. The molecule has 4 aromatic rings. The number of pyridine rings is 1. The number of anilines is 1. The molecule has 0 aliphatic heterocycles. The van der Waals surface area contributed by atoms with Crippen molar-refractivity contribution in [3.8, 4) is 28.5 Å². The number of methoxy groups -OCH3 is 2. The molecule has 0 aliphatic rings. The summed E-state index contributed by atoms with van der Waals surface area (Å²) in [5, 5.41) is 8.74. The van der Waals surface area contributed by atoms with E-state index in [-0.39, 0.29) is 5.91 Å². The van der Waals surface area contributed by atoms with Crippen LogP contribution in [-0.4, -0.2) is 41.0 Å². The number of hydrogen-bond acceptors (Lipinski definition) is 6. The smallest absolute Gasteiger partial charge is 0.265 e. The summed E-state index contributed by atoms with van der Waals surface area (Å²) in [7, 11) is 3.01. The van der Waals surface area contributed by atoms with Gasteiger partial charge in [-0.25, -0.2) is 4.68 Å². The standard InChI is InChI=1S/C26H27ClN4O4/c1-6-31-25-24(15(2)30-31)18(17-10-8-7-9-11-17)12-23(29-25)35-16(3)26(32)28-20-13-19(27)21(33-4)14-22(20)34-5/h7-14,16H,6H2,1-5H3,(H,28,32)/t16-/m1/s1. The summed E-state index contributed by atoms with van der Waals surface area (Å²) in [6.07, 6.45) is -0.853. The molecule has 2 heterocycles. The predicted molar refractivity (Wildman–Crippen MR) is 137 cm³/mol. The molecule has 0 spiro atoms. The van der Waals surface area contributed by atoms with Crippen molar-refractivity contribution in [1.29, 1.82) is 0 Å². The van der Waals surface area contributed by atoms with Crippen LogP contribution in [0.15, 0.2) is 48.5 Å². The third-order valence-corrected chi connectivity index (χ3v) is 5.93. The fraction of sp³-hybridized carbons (Fsp3) is 0.269. The van der Waals surface area contributed by atoms with Gasteiger partial charge in [0.05, 0.1) is 36.0 Å². The molecule has 2 aromatic carbocycles. The number of hydrogen-bond donors (Lipinski definition) is 1. The second kappa shape index (κ2) is 10.2. The van der Waals surface area contributed by atoms with E-state index in [4.69, 9.17) is 25.8 Å². The summed E-state index contributed by atoms with van der Waals surface area (Å²) in [4.78, 5) is 17.7. The molecule has 35 heavy (non-hydrogen) atoms. The highest BCUT2D eigenvalue weighted by atomic mass is 35.5. The Labute approximate surface area is 208 Å². The van der Waals surface area contributed by atoms with Gasteiger partial charge < -0.3 is 19.5 Å². The second-order valence-electron chi connectivity index (χ2n) is 7.91. The second-order valence-corrected chi connectivity index (χ2v) is 8.32. The van der Waals surface area contributed by atoms with Crippen LogP contribution >= 0.6 is 11.6 Å². The quantitative estimate of drug-likeness (QED) is 0.348. The zero-order chi connectivity index (χ0) is 25.1. The molecule has 0 fully saturated rings. The van der Waals surface area contributed by atoms with Crippen molar-refractivity contribution in [2.45, 2.75) is 33.4 Å². The SMILES string of the molecule is CCn1nc(C)c2c(-c3ccccc3)cc(O[C@H](C)C(=O)Nc3cc(Cl)c(OC)cc3OC)nc21. The van der Waals surface area contributed by atoms with Crippen molar-refractivity contribution < 1.29 is 19.0 Å². The maximum Gasteiger partial charge on any atom is 0.265 e. The van der Waals surface area contributed by atoms with E-state index in [0.717, 1.165) is 22.2 Å². The van der Waals surface area contributed by atoms with Gasteiger partial charge in [0.25, 0.3) is 5.91 Å². The molecular formula is C26H27ClN4O4. The number of amides is 1. The van der Waals surface area contributed by atoms with Gasteiger partial charge in [-0.2, -0.15) is 10.1 Å². The molecular weight excluding hydrogens is 468 g/mol. The van der Waals surface area contributed by atoms with Gasteiger partial charge >= 0.3 is 0 Å². The van der Waals surface area contributed by atoms with Crippen LogP contribution in [0.4, 0.5) is 5.69 Å². The Morgan fingerprint density at radius 3 is 2.49 bits per heavy atom. The monoisotopic (exact) mass is 494 g/mol. The third-order valence-electron chi connectivity index (χ3n) is 5.64. The number of fused-ring (bicyclic) bond motifs is 1. The Morgan fingerprint density at radius 2 is 1.83 bits per heavy atom. The van der Waals surface area contributed by atoms with E-state index in [2.05, 4.69) is 15.4 Å². The van der Waals surface area contributed by atoms with E-state index >= 15 is 0 Å². The van der Waals surface area contributed by atoms with E-state index in [1.807, 2.05) is 54.9 Å².